The number of hydrogen-bond donors (Lipinski definition) is 0. The van der Waals surface area contributed by atoms with Crippen molar-refractivity contribution in [1.29, 1.82) is 0 Å². The lowest BCUT2D eigenvalue weighted by molar-refractivity contribution is -0.175. The second-order valence-corrected chi connectivity index (χ2v) is 5.46. The van der Waals surface area contributed by atoms with Gasteiger partial charge < -0.3 is 9.47 Å². The van der Waals surface area contributed by atoms with Gasteiger partial charge in [0, 0.05) is 0 Å². The van der Waals surface area contributed by atoms with E-state index in [1.54, 1.807) is 0 Å². The molecule has 1 aromatic carbocycles. The number of rotatable bonds is 2. The van der Waals surface area contributed by atoms with Crippen LogP contribution >= 0.6 is 0 Å². The fourth-order valence-corrected chi connectivity index (χ4v) is 2.98. The molecule has 7 heteroatoms. The van der Waals surface area contributed by atoms with Gasteiger partial charge in [0.25, 0.3) is 5.92 Å². The molecule has 21 heavy (non-hydrogen) atoms. The highest BCUT2D eigenvalue weighted by molar-refractivity contribution is 5.36. The molecule has 2 unspecified atom stereocenters. The van der Waals surface area contributed by atoms with Gasteiger partial charge in [-0.15, -0.1) is 0 Å². The Kier molecular flexibility index (Phi) is 3.08. The standard InChI is InChI=1S/C14H13F5O2/c1-12(20-6-7-21-12)11-10(13(11,15)16)8-2-4-9(5-3-8)14(17,18)19/h2-5,10-11H,6-7H2,1H3. The van der Waals surface area contributed by atoms with Gasteiger partial charge in [-0.25, -0.2) is 8.78 Å². The summed E-state index contributed by atoms with van der Waals surface area (Å²) in [5, 5.41) is 0. The van der Waals surface area contributed by atoms with Crippen LogP contribution in [0.2, 0.25) is 0 Å². The largest absolute Gasteiger partial charge is 0.416 e. The van der Waals surface area contributed by atoms with Crippen LogP contribution in [0.5, 0.6) is 0 Å². The predicted molar refractivity (Wildman–Crippen MR) is 62.9 cm³/mol. The zero-order chi connectivity index (χ0) is 15.5. The second kappa shape index (κ2) is 4.39. The van der Waals surface area contributed by atoms with Gasteiger partial charge in [-0.05, 0) is 24.6 Å². The van der Waals surface area contributed by atoms with Crippen molar-refractivity contribution in [2.45, 2.75) is 30.7 Å². The van der Waals surface area contributed by atoms with Crippen LogP contribution in [0.25, 0.3) is 0 Å². The van der Waals surface area contributed by atoms with Gasteiger partial charge in [-0.1, -0.05) is 12.1 Å². The molecule has 1 aliphatic heterocycles. The van der Waals surface area contributed by atoms with Crippen molar-refractivity contribution < 1.29 is 31.4 Å². The first-order chi connectivity index (χ1) is 9.66. The Morgan fingerprint density at radius 3 is 2.05 bits per heavy atom. The zero-order valence-corrected chi connectivity index (χ0v) is 11.1. The van der Waals surface area contributed by atoms with Crippen molar-refractivity contribution in [2.24, 2.45) is 5.92 Å². The van der Waals surface area contributed by atoms with E-state index in [1.807, 2.05) is 0 Å². The van der Waals surface area contributed by atoms with E-state index in [9.17, 15) is 22.0 Å². The molecule has 0 aromatic heterocycles. The highest BCUT2D eigenvalue weighted by Gasteiger charge is 2.76. The molecule has 2 aliphatic rings. The molecule has 1 aliphatic carbocycles. The Morgan fingerprint density at radius 2 is 1.57 bits per heavy atom. The van der Waals surface area contributed by atoms with Gasteiger partial charge in [-0.3, -0.25) is 0 Å². The van der Waals surface area contributed by atoms with E-state index in [-0.39, 0.29) is 18.8 Å². The van der Waals surface area contributed by atoms with Crippen LogP contribution in [-0.4, -0.2) is 24.9 Å². The predicted octanol–water partition coefficient (Wildman–Crippen LogP) is 3.82. The third kappa shape index (κ3) is 2.32. The maximum absolute atomic E-state index is 14.0. The minimum absolute atomic E-state index is 0.165. The maximum Gasteiger partial charge on any atom is 0.416 e. The summed E-state index contributed by atoms with van der Waals surface area (Å²) in [6.07, 6.45) is -4.48. The summed E-state index contributed by atoms with van der Waals surface area (Å²) in [6, 6.07) is 3.83. The number of hydrogen-bond acceptors (Lipinski definition) is 2. The highest BCUT2D eigenvalue weighted by atomic mass is 19.4. The average Bonchev–Trinajstić information content (AvgIpc) is 2.75. The van der Waals surface area contributed by atoms with E-state index in [0.29, 0.717) is 0 Å². The molecule has 0 amide bonds. The molecule has 2 nitrogen and oxygen atoms in total. The molecule has 116 valence electrons. The fourth-order valence-electron chi connectivity index (χ4n) is 2.98. The Balaban J connectivity index is 1.84. The van der Waals surface area contributed by atoms with E-state index in [0.717, 1.165) is 24.3 Å². The van der Waals surface area contributed by atoms with Crippen molar-refractivity contribution in [3.8, 4) is 0 Å². The fraction of sp³-hybridized carbons (Fsp3) is 0.571. The van der Waals surface area contributed by atoms with Gasteiger partial charge in [0.15, 0.2) is 5.79 Å². The Labute approximate surface area is 117 Å². The number of halogens is 5. The lowest BCUT2D eigenvalue weighted by Gasteiger charge is -2.22. The van der Waals surface area contributed by atoms with E-state index in [2.05, 4.69) is 0 Å². The van der Waals surface area contributed by atoms with E-state index in [4.69, 9.17) is 9.47 Å². The smallest absolute Gasteiger partial charge is 0.347 e. The van der Waals surface area contributed by atoms with Crippen molar-refractivity contribution >= 4 is 0 Å². The summed E-state index contributed by atoms with van der Waals surface area (Å²) in [5.41, 5.74) is -0.690. The molecule has 0 bridgehead atoms. The van der Waals surface area contributed by atoms with Crippen LogP contribution in [0.1, 0.15) is 24.0 Å². The highest BCUT2D eigenvalue weighted by Crippen LogP contribution is 2.67. The molecule has 1 aromatic rings. The Morgan fingerprint density at radius 1 is 1.05 bits per heavy atom. The van der Waals surface area contributed by atoms with Crippen LogP contribution in [0, 0.1) is 5.92 Å². The second-order valence-electron chi connectivity index (χ2n) is 5.46. The molecule has 0 spiro atoms. The normalized spacial score (nSPS) is 30.4. The van der Waals surface area contributed by atoms with Crippen molar-refractivity contribution in [3.05, 3.63) is 35.4 Å². The zero-order valence-electron chi connectivity index (χ0n) is 11.1. The summed E-state index contributed by atoms with van der Waals surface area (Å²) in [4.78, 5) is 0. The number of alkyl halides is 5. The molecule has 3 rings (SSSR count). The molecule has 2 fully saturated rings. The topological polar surface area (TPSA) is 18.5 Å². The molecule has 0 radical (unpaired) electrons. The summed E-state index contributed by atoms with van der Waals surface area (Å²) in [7, 11) is 0. The molecular weight excluding hydrogens is 295 g/mol. The van der Waals surface area contributed by atoms with Crippen LogP contribution in [0.4, 0.5) is 22.0 Å². The van der Waals surface area contributed by atoms with Gasteiger partial charge in [0.2, 0.25) is 0 Å². The first-order valence-electron chi connectivity index (χ1n) is 6.49. The molecule has 1 saturated heterocycles. The van der Waals surface area contributed by atoms with Crippen molar-refractivity contribution in [2.75, 3.05) is 13.2 Å². The van der Waals surface area contributed by atoms with Crippen LogP contribution < -0.4 is 0 Å². The number of benzene rings is 1. The van der Waals surface area contributed by atoms with Crippen LogP contribution in [0.15, 0.2) is 24.3 Å². The Bertz CT molecular complexity index is 531. The third-order valence-corrected chi connectivity index (χ3v) is 4.08. The summed E-state index contributed by atoms with van der Waals surface area (Å²) < 4.78 is 75.9. The van der Waals surface area contributed by atoms with E-state index < -0.39 is 35.3 Å². The molecule has 1 saturated carbocycles. The van der Waals surface area contributed by atoms with Gasteiger partial charge in [0.1, 0.15) is 0 Å². The van der Waals surface area contributed by atoms with E-state index in [1.165, 1.54) is 6.92 Å². The van der Waals surface area contributed by atoms with Crippen LogP contribution in [0.3, 0.4) is 0 Å². The first kappa shape index (κ1) is 14.7. The van der Waals surface area contributed by atoms with E-state index >= 15 is 0 Å². The quantitative estimate of drug-likeness (QED) is 0.773. The van der Waals surface area contributed by atoms with Gasteiger partial charge in [0.05, 0.1) is 30.6 Å². The maximum atomic E-state index is 14.0. The lowest BCUT2D eigenvalue weighted by Crippen LogP contribution is -2.31. The first-order valence-corrected chi connectivity index (χ1v) is 6.49. The minimum atomic E-state index is -4.48. The third-order valence-electron chi connectivity index (χ3n) is 4.08. The van der Waals surface area contributed by atoms with Gasteiger partial charge >= 0.3 is 6.18 Å². The van der Waals surface area contributed by atoms with Crippen molar-refractivity contribution in [1.82, 2.24) is 0 Å². The lowest BCUT2D eigenvalue weighted by atomic mass is 10.0. The monoisotopic (exact) mass is 308 g/mol. The molecule has 2 atom stereocenters. The Hall–Kier alpha value is -1.21. The number of ether oxygens (including phenoxy) is 2. The summed E-state index contributed by atoms with van der Waals surface area (Å²) in [5.74, 6) is -6.78. The summed E-state index contributed by atoms with van der Waals surface area (Å²) in [6.45, 7) is 1.92. The van der Waals surface area contributed by atoms with Crippen molar-refractivity contribution in [3.63, 3.8) is 0 Å². The minimum Gasteiger partial charge on any atom is -0.347 e. The van der Waals surface area contributed by atoms with Crippen LogP contribution in [-0.2, 0) is 15.7 Å². The summed E-state index contributed by atoms with van der Waals surface area (Å²) >= 11 is 0. The average molecular weight is 308 g/mol. The van der Waals surface area contributed by atoms with Gasteiger partial charge in [-0.2, -0.15) is 13.2 Å². The SMILES string of the molecule is CC1(C2C(c3ccc(C(F)(F)F)cc3)C2(F)F)OCCO1. The molecular formula is C14H13F5O2. The molecule has 1 heterocycles. The molecule has 0 N–H and O–H groups in total.